The van der Waals surface area contributed by atoms with Crippen LogP contribution in [0.4, 0.5) is 27.6 Å². The van der Waals surface area contributed by atoms with E-state index in [4.69, 9.17) is 0 Å². The fourth-order valence-corrected chi connectivity index (χ4v) is 4.46. The lowest BCUT2D eigenvalue weighted by atomic mass is 9.94. The minimum absolute atomic E-state index is 0.179. The Balaban J connectivity index is 1.52. The number of halogens is 5. The van der Waals surface area contributed by atoms with E-state index in [1.54, 1.807) is 12.1 Å². The maximum atomic E-state index is 14.0. The fourth-order valence-electron chi connectivity index (χ4n) is 4.46. The number of carbonyl (C=O) groups excluding carboxylic acids is 1. The monoisotopic (exact) mass is 465 g/mol. The first-order valence-electron chi connectivity index (χ1n) is 10.9. The average molecular weight is 465 g/mol. The summed E-state index contributed by atoms with van der Waals surface area (Å²) < 4.78 is 68.1. The fraction of sp³-hybridized carbons (Fsp3) is 0.375. The molecule has 0 atom stereocenters. The summed E-state index contributed by atoms with van der Waals surface area (Å²) in [4.78, 5) is 17.9. The number of nitrogens with zero attached hydrogens (tertiary/aromatic N) is 1. The topological polar surface area (TPSA) is 48.1 Å². The number of amides is 1. The molecule has 0 aliphatic heterocycles. The standard InChI is InChI=1S/C24H24F5N3O/c1-32(15-5-3-2-4-6-15)10-9-13-12-30-17-8-7-14(11-16(13)17)31-24(33)18-19(25)21(27)23(29)22(28)20(18)26/h7-8,11-12,15,30H,2-6,9-10H2,1H3,(H,31,33). The zero-order chi connectivity index (χ0) is 23.7. The van der Waals surface area contributed by atoms with Crippen LogP contribution in [0.25, 0.3) is 10.9 Å². The Morgan fingerprint density at radius 2 is 1.64 bits per heavy atom. The molecular formula is C24H24F5N3O. The molecule has 4 nitrogen and oxygen atoms in total. The molecule has 9 heteroatoms. The molecule has 1 aromatic heterocycles. The predicted octanol–water partition coefficient (Wildman–Crippen LogP) is 5.92. The molecule has 3 aromatic rings. The van der Waals surface area contributed by atoms with Crippen LogP contribution in [0.2, 0.25) is 0 Å². The number of carbonyl (C=O) groups is 1. The van der Waals surface area contributed by atoms with Crippen molar-refractivity contribution in [2.45, 2.75) is 44.6 Å². The van der Waals surface area contributed by atoms with Gasteiger partial charge in [0.15, 0.2) is 23.3 Å². The molecule has 0 radical (unpaired) electrons. The summed E-state index contributed by atoms with van der Waals surface area (Å²) in [7, 11) is 2.11. The summed E-state index contributed by atoms with van der Waals surface area (Å²) >= 11 is 0. The lowest BCUT2D eigenvalue weighted by Gasteiger charge is -2.31. The molecule has 1 saturated carbocycles. The SMILES string of the molecule is CN(CCc1c[nH]c2ccc(NC(=O)c3c(F)c(F)c(F)c(F)c3F)cc12)C1CCCCC1. The third-order valence-corrected chi connectivity index (χ3v) is 6.39. The van der Waals surface area contributed by atoms with E-state index in [9.17, 15) is 26.7 Å². The molecule has 1 fully saturated rings. The van der Waals surface area contributed by atoms with Crippen molar-refractivity contribution < 1.29 is 26.7 Å². The zero-order valence-electron chi connectivity index (χ0n) is 18.1. The van der Waals surface area contributed by atoms with Crippen LogP contribution < -0.4 is 5.32 Å². The summed E-state index contributed by atoms with van der Waals surface area (Å²) in [5, 5.41) is 3.05. The third-order valence-electron chi connectivity index (χ3n) is 6.39. The molecule has 0 bridgehead atoms. The van der Waals surface area contributed by atoms with E-state index in [2.05, 4.69) is 22.2 Å². The summed E-state index contributed by atoms with van der Waals surface area (Å²) in [5.41, 5.74) is 0.465. The van der Waals surface area contributed by atoms with Crippen molar-refractivity contribution in [3.8, 4) is 0 Å². The molecule has 176 valence electrons. The van der Waals surface area contributed by atoms with Crippen molar-refractivity contribution in [2.24, 2.45) is 0 Å². The van der Waals surface area contributed by atoms with E-state index in [1.807, 2.05) is 6.20 Å². The van der Waals surface area contributed by atoms with Crippen LogP contribution in [0.3, 0.4) is 0 Å². The van der Waals surface area contributed by atoms with E-state index in [1.165, 1.54) is 38.2 Å². The van der Waals surface area contributed by atoms with Gasteiger partial charge in [-0.15, -0.1) is 0 Å². The smallest absolute Gasteiger partial charge is 0.261 e. The van der Waals surface area contributed by atoms with Crippen LogP contribution in [-0.4, -0.2) is 35.4 Å². The van der Waals surface area contributed by atoms with Crippen LogP contribution in [0.1, 0.15) is 48.0 Å². The van der Waals surface area contributed by atoms with Gasteiger partial charge in [0.05, 0.1) is 0 Å². The number of nitrogens with one attached hydrogen (secondary N) is 2. The van der Waals surface area contributed by atoms with Gasteiger partial charge in [-0.2, -0.15) is 0 Å². The normalized spacial score (nSPS) is 14.9. The minimum atomic E-state index is -2.31. The summed E-state index contributed by atoms with van der Waals surface area (Å²) in [6, 6.07) is 5.35. The highest BCUT2D eigenvalue weighted by Crippen LogP contribution is 2.27. The van der Waals surface area contributed by atoms with Crippen molar-refractivity contribution in [3.05, 3.63) is 64.6 Å². The van der Waals surface area contributed by atoms with Gasteiger partial charge in [-0.05, 0) is 50.1 Å². The number of likely N-dealkylation sites (N-methyl/N-ethyl adjacent to an activating group) is 1. The Morgan fingerprint density at radius 3 is 2.30 bits per heavy atom. The van der Waals surface area contributed by atoms with Crippen LogP contribution in [0, 0.1) is 29.1 Å². The van der Waals surface area contributed by atoms with Crippen LogP contribution in [0.5, 0.6) is 0 Å². The molecule has 2 aromatic carbocycles. The highest BCUT2D eigenvalue weighted by Gasteiger charge is 2.29. The highest BCUT2D eigenvalue weighted by molar-refractivity contribution is 6.05. The lowest BCUT2D eigenvalue weighted by Crippen LogP contribution is -2.34. The average Bonchev–Trinajstić information content (AvgIpc) is 3.22. The molecule has 33 heavy (non-hydrogen) atoms. The molecule has 0 saturated heterocycles. The molecule has 2 N–H and O–H groups in total. The molecule has 1 aliphatic rings. The molecule has 1 heterocycles. The van der Waals surface area contributed by atoms with Gasteiger partial charge in [-0.3, -0.25) is 4.79 Å². The van der Waals surface area contributed by atoms with Gasteiger partial charge in [0.25, 0.3) is 5.91 Å². The zero-order valence-corrected chi connectivity index (χ0v) is 18.1. The van der Waals surface area contributed by atoms with Crippen molar-refractivity contribution in [3.63, 3.8) is 0 Å². The Kier molecular flexibility index (Phi) is 6.69. The van der Waals surface area contributed by atoms with Gasteiger partial charge >= 0.3 is 0 Å². The van der Waals surface area contributed by atoms with Crippen molar-refractivity contribution >= 4 is 22.5 Å². The molecule has 0 spiro atoms. The summed E-state index contributed by atoms with van der Waals surface area (Å²) in [6.45, 7) is 0.846. The second-order valence-electron chi connectivity index (χ2n) is 8.50. The predicted molar refractivity (Wildman–Crippen MR) is 116 cm³/mol. The Hall–Kier alpha value is -2.94. The van der Waals surface area contributed by atoms with E-state index in [0.29, 0.717) is 6.04 Å². The Labute approximate surface area is 187 Å². The minimum Gasteiger partial charge on any atom is -0.361 e. The second kappa shape index (κ2) is 9.51. The van der Waals surface area contributed by atoms with Crippen molar-refractivity contribution in [1.82, 2.24) is 9.88 Å². The second-order valence-corrected chi connectivity index (χ2v) is 8.50. The first-order valence-corrected chi connectivity index (χ1v) is 10.9. The van der Waals surface area contributed by atoms with E-state index in [0.717, 1.165) is 29.4 Å². The third kappa shape index (κ3) is 4.59. The number of H-pyrrole nitrogens is 1. The number of hydrogen-bond acceptors (Lipinski definition) is 2. The largest absolute Gasteiger partial charge is 0.361 e. The van der Waals surface area contributed by atoms with E-state index >= 15 is 0 Å². The summed E-state index contributed by atoms with van der Waals surface area (Å²) in [5.74, 6) is -12.4. The Morgan fingerprint density at radius 1 is 1.00 bits per heavy atom. The molecule has 4 rings (SSSR count). The van der Waals surface area contributed by atoms with Crippen LogP contribution in [0.15, 0.2) is 24.4 Å². The van der Waals surface area contributed by atoms with Crippen LogP contribution >= 0.6 is 0 Å². The maximum Gasteiger partial charge on any atom is 0.261 e. The van der Waals surface area contributed by atoms with Gasteiger partial charge in [0.2, 0.25) is 5.82 Å². The van der Waals surface area contributed by atoms with Crippen LogP contribution in [-0.2, 0) is 6.42 Å². The van der Waals surface area contributed by atoms with Crippen molar-refractivity contribution in [2.75, 3.05) is 18.9 Å². The van der Waals surface area contributed by atoms with Gasteiger partial charge < -0.3 is 15.2 Å². The first-order chi connectivity index (χ1) is 15.8. The molecule has 1 aliphatic carbocycles. The number of aromatic amines is 1. The van der Waals surface area contributed by atoms with Gasteiger partial charge in [0, 0.05) is 35.4 Å². The number of anilines is 1. The molecular weight excluding hydrogens is 441 g/mol. The van der Waals surface area contributed by atoms with Gasteiger partial charge in [-0.1, -0.05) is 19.3 Å². The number of benzene rings is 2. The van der Waals surface area contributed by atoms with E-state index < -0.39 is 40.6 Å². The molecule has 1 amide bonds. The van der Waals surface area contributed by atoms with Crippen molar-refractivity contribution in [1.29, 1.82) is 0 Å². The number of hydrogen-bond donors (Lipinski definition) is 2. The Bertz CT molecular complexity index is 1160. The lowest BCUT2D eigenvalue weighted by molar-refractivity contribution is 0.101. The molecule has 0 unspecified atom stereocenters. The maximum absolute atomic E-state index is 14.0. The van der Waals surface area contributed by atoms with E-state index in [-0.39, 0.29) is 5.69 Å². The first kappa shape index (κ1) is 23.2. The quantitative estimate of drug-likeness (QED) is 0.270. The number of fused-ring (bicyclic) bond motifs is 1. The van der Waals surface area contributed by atoms with Gasteiger partial charge in [0.1, 0.15) is 5.56 Å². The number of aromatic nitrogens is 1. The summed E-state index contributed by atoms with van der Waals surface area (Å²) in [6.07, 6.45) is 8.78. The van der Waals surface area contributed by atoms with Gasteiger partial charge in [-0.25, -0.2) is 22.0 Å². The highest BCUT2D eigenvalue weighted by atomic mass is 19.2. The number of rotatable bonds is 6.